The van der Waals surface area contributed by atoms with Gasteiger partial charge in [0.25, 0.3) is 0 Å². The second-order valence-electron chi connectivity index (χ2n) is 8.18. The van der Waals surface area contributed by atoms with Crippen molar-refractivity contribution in [1.82, 2.24) is 9.88 Å². The van der Waals surface area contributed by atoms with Gasteiger partial charge in [0.05, 0.1) is 30.3 Å². The summed E-state index contributed by atoms with van der Waals surface area (Å²) in [5.41, 5.74) is 5.05. The van der Waals surface area contributed by atoms with Crippen LogP contribution in [0.15, 0.2) is 11.0 Å². The van der Waals surface area contributed by atoms with E-state index in [1.807, 2.05) is 4.90 Å². The van der Waals surface area contributed by atoms with E-state index in [2.05, 4.69) is 5.32 Å². The highest BCUT2D eigenvalue weighted by Gasteiger charge is 2.34. The summed E-state index contributed by atoms with van der Waals surface area (Å²) in [6, 6.07) is 0.0156. The van der Waals surface area contributed by atoms with Crippen molar-refractivity contribution in [3.63, 3.8) is 0 Å². The molecule has 1 aromatic heterocycles. The van der Waals surface area contributed by atoms with Crippen LogP contribution in [0, 0.1) is 11.7 Å². The number of carbonyl (C=O) groups is 1. The Morgan fingerprint density at radius 1 is 1.39 bits per heavy atom. The van der Waals surface area contributed by atoms with Crippen molar-refractivity contribution in [2.75, 3.05) is 50.5 Å². The maximum Gasteiger partial charge on any atom is 0.341 e. The van der Waals surface area contributed by atoms with Gasteiger partial charge in [0.1, 0.15) is 11.3 Å². The first-order valence-electron chi connectivity index (χ1n) is 10.4. The predicted molar refractivity (Wildman–Crippen MR) is 115 cm³/mol. The Morgan fingerprint density at radius 3 is 2.74 bits per heavy atom. The molecule has 1 atom stereocenters. The number of benzene rings is 1. The van der Waals surface area contributed by atoms with Crippen LogP contribution in [-0.2, 0) is 0 Å². The molecule has 1 aliphatic heterocycles. The quantitative estimate of drug-likeness (QED) is 0.360. The van der Waals surface area contributed by atoms with Crippen molar-refractivity contribution in [2.45, 2.75) is 25.3 Å². The number of hydrogen-bond acceptors (Lipinski definition) is 7. The third-order valence-corrected chi connectivity index (χ3v) is 6.08. The summed E-state index contributed by atoms with van der Waals surface area (Å²) in [5.74, 6) is -1.68. The maximum atomic E-state index is 15.5. The summed E-state index contributed by atoms with van der Waals surface area (Å²) in [6.07, 6.45) is 3.80. The average molecular weight is 434 g/mol. The highest BCUT2D eigenvalue weighted by Crippen LogP contribution is 2.46. The summed E-state index contributed by atoms with van der Waals surface area (Å²) in [6.45, 7) is 2.40. The molecule has 1 aromatic carbocycles. The number of ether oxygens (including phenoxy) is 1. The highest BCUT2D eigenvalue weighted by atomic mass is 19.1. The predicted octanol–water partition coefficient (Wildman–Crippen LogP) is 1.17. The first-order valence-corrected chi connectivity index (χ1v) is 10.4. The van der Waals surface area contributed by atoms with Gasteiger partial charge in [-0.2, -0.15) is 0 Å². The second kappa shape index (κ2) is 8.35. The SMILES string of the molecule is COc1c(N2CCC(CNCCO)C2)c(F)c(N)c2c(=O)c(C(=O)O)cn(C3CC3)c12. The van der Waals surface area contributed by atoms with Crippen LogP contribution >= 0.6 is 0 Å². The van der Waals surface area contributed by atoms with Crippen molar-refractivity contribution in [1.29, 1.82) is 0 Å². The largest absolute Gasteiger partial charge is 0.492 e. The number of methoxy groups -OCH3 is 1. The molecular weight excluding hydrogens is 407 g/mol. The van der Waals surface area contributed by atoms with Gasteiger partial charge in [0, 0.05) is 31.9 Å². The van der Waals surface area contributed by atoms with Gasteiger partial charge >= 0.3 is 5.97 Å². The monoisotopic (exact) mass is 434 g/mol. The minimum Gasteiger partial charge on any atom is -0.492 e. The normalized spacial score (nSPS) is 18.7. The lowest BCUT2D eigenvalue weighted by molar-refractivity contribution is 0.0695. The van der Waals surface area contributed by atoms with Crippen LogP contribution in [0.3, 0.4) is 0 Å². The van der Waals surface area contributed by atoms with Crippen LogP contribution < -0.4 is 26.1 Å². The molecule has 9 nitrogen and oxygen atoms in total. The fourth-order valence-corrected chi connectivity index (χ4v) is 4.42. The molecule has 0 spiro atoms. The summed E-state index contributed by atoms with van der Waals surface area (Å²) in [7, 11) is 1.41. The number of aromatic nitrogens is 1. The van der Waals surface area contributed by atoms with Gasteiger partial charge in [0.2, 0.25) is 5.43 Å². The molecule has 2 aliphatic rings. The number of aliphatic hydroxyl groups is 1. The van der Waals surface area contributed by atoms with Gasteiger partial charge in [-0.25, -0.2) is 9.18 Å². The van der Waals surface area contributed by atoms with Crippen molar-refractivity contribution >= 4 is 28.2 Å². The van der Waals surface area contributed by atoms with Gasteiger partial charge < -0.3 is 35.5 Å². The lowest BCUT2D eigenvalue weighted by Gasteiger charge is -2.26. The zero-order valence-electron chi connectivity index (χ0n) is 17.4. The first-order chi connectivity index (χ1) is 14.9. The number of aliphatic hydroxyl groups excluding tert-OH is 1. The molecule has 0 amide bonds. The van der Waals surface area contributed by atoms with Crippen molar-refractivity contribution in [3.8, 4) is 5.75 Å². The number of anilines is 2. The molecule has 1 saturated heterocycles. The van der Waals surface area contributed by atoms with Crippen molar-refractivity contribution < 1.29 is 24.1 Å². The molecule has 4 rings (SSSR count). The average Bonchev–Trinajstić information content (AvgIpc) is 3.48. The Kier molecular flexibility index (Phi) is 5.76. The molecule has 0 radical (unpaired) electrons. The van der Waals surface area contributed by atoms with E-state index in [9.17, 15) is 14.7 Å². The third-order valence-electron chi connectivity index (χ3n) is 6.08. The van der Waals surface area contributed by atoms with Crippen LogP contribution in [0.2, 0.25) is 0 Å². The van der Waals surface area contributed by atoms with Crippen LogP contribution in [0.25, 0.3) is 10.9 Å². The van der Waals surface area contributed by atoms with E-state index in [0.717, 1.165) is 19.3 Å². The molecule has 2 heterocycles. The third kappa shape index (κ3) is 3.70. The Balaban J connectivity index is 1.87. The van der Waals surface area contributed by atoms with Gasteiger partial charge in [-0.3, -0.25) is 4.79 Å². The molecule has 5 N–H and O–H groups in total. The minimum absolute atomic E-state index is 0.0156. The first kappa shape index (κ1) is 21.4. The molecule has 31 heavy (non-hydrogen) atoms. The number of pyridine rings is 1. The molecule has 1 saturated carbocycles. The fourth-order valence-electron chi connectivity index (χ4n) is 4.42. The number of aromatic carboxylic acids is 1. The number of nitrogen functional groups attached to an aromatic ring is 1. The molecule has 2 fully saturated rings. The number of nitrogens with zero attached hydrogens (tertiary/aromatic N) is 2. The van der Waals surface area contributed by atoms with Gasteiger partial charge in [0.15, 0.2) is 11.6 Å². The van der Waals surface area contributed by atoms with E-state index >= 15 is 4.39 Å². The zero-order chi connectivity index (χ0) is 22.3. The number of hydrogen-bond donors (Lipinski definition) is 4. The Hall–Kier alpha value is -2.85. The topological polar surface area (TPSA) is 130 Å². The van der Waals surface area contributed by atoms with E-state index in [0.29, 0.717) is 31.7 Å². The zero-order valence-corrected chi connectivity index (χ0v) is 17.4. The molecule has 10 heteroatoms. The van der Waals surface area contributed by atoms with Crippen LogP contribution in [-0.4, -0.2) is 60.6 Å². The Morgan fingerprint density at radius 2 is 2.13 bits per heavy atom. The van der Waals surface area contributed by atoms with E-state index in [1.54, 1.807) is 4.57 Å². The fraction of sp³-hybridized carbons (Fsp3) is 0.524. The summed E-state index contributed by atoms with van der Waals surface area (Å²) in [4.78, 5) is 26.4. The molecule has 1 unspecified atom stereocenters. The number of carboxylic acids is 1. The maximum absolute atomic E-state index is 15.5. The molecule has 168 valence electrons. The van der Waals surface area contributed by atoms with Crippen LogP contribution in [0.1, 0.15) is 35.7 Å². The number of halogens is 1. The van der Waals surface area contributed by atoms with E-state index < -0.39 is 22.8 Å². The standard InChI is InChI=1S/C21H27FN4O5/c1-31-20-17-14(19(28)13(21(29)30)10-26(17)12-2-3-12)16(23)15(22)18(20)25-6-4-11(9-25)8-24-5-7-27/h10-12,24,27H,2-9,23H2,1H3,(H,29,30). The lowest BCUT2D eigenvalue weighted by atomic mass is 10.1. The molecular formula is C21H27FN4O5. The Bertz CT molecular complexity index is 1080. The molecule has 1 aliphatic carbocycles. The highest BCUT2D eigenvalue weighted by molar-refractivity contribution is 6.03. The van der Waals surface area contributed by atoms with Crippen LogP contribution in [0.5, 0.6) is 5.75 Å². The van der Waals surface area contributed by atoms with E-state index in [-0.39, 0.29) is 41.1 Å². The van der Waals surface area contributed by atoms with Crippen molar-refractivity contribution in [2.24, 2.45) is 5.92 Å². The van der Waals surface area contributed by atoms with E-state index in [4.69, 9.17) is 15.6 Å². The molecule has 0 bridgehead atoms. The van der Waals surface area contributed by atoms with Crippen molar-refractivity contribution in [3.05, 3.63) is 27.8 Å². The lowest BCUT2D eigenvalue weighted by Crippen LogP contribution is -2.29. The second-order valence-corrected chi connectivity index (χ2v) is 8.18. The van der Waals surface area contributed by atoms with Gasteiger partial charge in [-0.15, -0.1) is 0 Å². The Labute approximate surface area is 178 Å². The number of rotatable bonds is 8. The number of nitrogens with one attached hydrogen (secondary N) is 1. The summed E-state index contributed by atoms with van der Waals surface area (Å²) < 4.78 is 22.9. The minimum atomic E-state index is -1.37. The number of nitrogens with two attached hydrogens (primary N) is 1. The van der Waals surface area contributed by atoms with Gasteiger partial charge in [-0.05, 0) is 31.7 Å². The van der Waals surface area contributed by atoms with Crippen LogP contribution in [0.4, 0.5) is 15.8 Å². The number of fused-ring (bicyclic) bond motifs is 1. The van der Waals surface area contributed by atoms with E-state index in [1.165, 1.54) is 13.3 Å². The summed E-state index contributed by atoms with van der Waals surface area (Å²) >= 11 is 0. The van der Waals surface area contributed by atoms with Gasteiger partial charge in [-0.1, -0.05) is 0 Å². The molecule has 2 aromatic rings. The number of carboxylic acid groups (broad SMARTS) is 1. The summed E-state index contributed by atoms with van der Waals surface area (Å²) in [5, 5.41) is 21.4. The smallest absolute Gasteiger partial charge is 0.341 e.